The first kappa shape index (κ1) is 22.4. The van der Waals surface area contributed by atoms with Gasteiger partial charge in [-0.05, 0) is 56.6 Å². The van der Waals surface area contributed by atoms with Gasteiger partial charge in [-0.25, -0.2) is 8.42 Å². The van der Waals surface area contributed by atoms with Gasteiger partial charge in [0.2, 0.25) is 0 Å². The van der Waals surface area contributed by atoms with E-state index in [0.29, 0.717) is 23.8 Å². The topological polar surface area (TPSA) is 86.9 Å². The molecule has 0 bridgehead atoms. The average Bonchev–Trinajstić information content (AvgIpc) is 3.48. The van der Waals surface area contributed by atoms with Crippen LogP contribution >= 0.6 is 0 Å². The normalized spacial score (nSPS) is 17.6. The molecule has 0 radical (unpaired) electrons. The summed E-state index contributed by atoms with van der Waals surface area (Å²) in [6.07, 6.45) is 4.76. The lowest BCUT2D eigenvalue weighted by Gasteiger charge is -2.27. The Morgan fingerprint density at radius 2 is 1.90 bits per heavy atom. The van der Waals surface area contributed by atoms with E-state index in [2.05, 4.69) is 20.5 Å². The van der Waals surface area contributed by atoms with E-state index in [0.717, 1.165) is 18.8 Å². The van der Waals surface area contributed by atoms with Crippen molar-refractivity contribution in [3.05, 3.63) is 54.5 Å². The number of hydrogen-bond acceptors (Lipinski definition) is 5. The van der Waals surface area contributed by atoms with Crippen molar-refractivity contribution in [2.45, 2.75) is 43.2 Å². The van der Waals surface area contributed by atoms with E-state index in [1.54, 1.807) is 37.6 Å². The summed E-state index contributed by atoms with van der Waals surface area (Å²) in [5.41, 5.74) is 0. The number of likely N-dealkylation sites (tertiary alicyclic amines) is 1. The molecule has 30 heavy (non-hydrogen) atoms. The van der Waals surface area contributed by atoms with Crippen LogP contribution < -0.4 is 10.6 Å². The van der Waals surface area contributed by atoms with Crippen molar-refractivity contribution in [2.75, 3.05) is 32.4 Å². The van der Waals surface area contributed by atoms with Gasteiger partial charge in [0.1, 0.15) is 5.76 Å². The molecule has 2 unspecified atom stereocenters. The van der Waals surface area contributed by atoms with E-state index in [1.165, 1.54) is 12.8 Å². The second-order valence-electron chi connectivity index (χ2n) is 7.57. The van der Waals surface area contributed by atoms with Gasteiger partial charge in [0.05, 0.1) is 23.0 Å². The van der Waals surface area contributed by atoms with Crippen molar-refractivity contribution < 1.29 is 12.8 Å². The number of guanidine groups is 1. The summed E-state index contributed by atoms with van der Waals surface area (Å²) in [4.78, 5) is 7.07. The van der Waals surface area contributed by atoms with Gasteiger partial charge in [-0.1, -0.05) is 25.1 Å². The van der Waals surface area contributed by atoms with Crippen LogP contribution in [0.4, 0.5) is 0 Å². The fourth-order valence-electron chi connectivity index (χ4n) is 3.78. The van der Waals surface area contributed by atoms with Crippen LogP contribution in [0, 0.1) is 0 Å². The van der Waals surface area contributed by atoms with Crippen LogP contribution in [0.2, 0.25) is 0 Å². The maximum absolute atomic E-state index is 12.7. The van der Waals surface area contributed by atoms with Crippen molar-refractivity contribution >= 4 is 15.8 Å². The highest BCUT2D eigenvalue weighted by Crippen LogP contribution is 2.24. The van der Waals surface area contributed by atoms with Gasteiger partial charge in [0.15, 0.2) is 15.8 Å². The fourth-order valence-corrected chi connectivity index (χ4v) is 5.39. The van der Waals surface area contributed by atoms with Crippen LogP contribution in [0.25, 0.3) is 0 Å². The molecule has 1 aromatic heterocycles. The lowest BCUT2D eigenvalue weighted by Crippen LogP contribution is -2.48. The van der Waals surface area contributed by atoms with Gasteiger partial charge in [0.25, 0.3) is 0 Å². The smallest absolute Gasteiger partial charge is 0.191 e. The number of aliphatic imine (C=N–C) groups is 1. The SMILES string of the molecule is CCC(CS(=O)(=O)c1ccccc1)NC(=NC)NCC(c1ccco1)N1CCCC1. The Bertz CT molecular complexity index is 892. The summed E-state index contributed by atoms with van der Waals surface area (Å²) in [5.74, 6) is 1.54. The first-order valence-electron chi connectivity index (χ1n) is 10.6. The molecule has 1 aliphatic rings. The first-order valence-corrected chi connectivity index (χ1v) is 12.2. The molecule has 2 atom stereocenters. The van der Waals surface area contributed by atoms with Crippen LogP contribution in [-0.4, -0.2) is 57.8 Å². The van der Waals surface area contributed by atoms with Crippen LogP contribution in [0.3, 0.4) is 0 Å². The van der Waals surface area contributed by atoms with Crippen molar-refractivity contribution in [3.8, 4) is 0 Å². The number of hydrogen-bond donors (Lipinski definition) is 2. The van der Waals surface area contributed by atoms with E-state index in [4.69, 9.17) is 4.42 Å². The summed E-state index contributed by atoms with van der Waals surface area (Å²) < 4.78 is 31.2. The van der Waals surface area contributed by atoms with E-state index in [1.807, 2.05) is 25.1 Å². The Morgan fingerprint density at radius 1 is 1.17 bits per heavy atom. The van der Waals surface area contributed by atoms with Gasteiger partial charge in [-0.3, -0.25) is 9.89 Å². The number of sulfone groups is 1. The Hall–Kier alpha value is -2.32. The third-order valence-corrected chi connectivity index (χ3v) is 7.33. The first-order chi connectivity index (χ1) is 14.5. The molecule has 2 heterocycles. The minimum absolute atomic E-state index is 0.0158. The number of benzene rings is 1. The zero-order chi connectivity index (χ0) is 21.4. The van der Waals surface area contributed by atoms with Crippen LogP contribution in [0.5, 0.6) is 0 Å². The molecular formula is C22H32N4O3S. The second kappa shape index (κ2) is 10.6. The Morgan fingerprint density at radius 3 is 2.50 bits per heavy atom. The molecule has 2 aromatic rings. The zero-order valence-corrected chi connectivity index (χ0v) is 18.6. The van der Waals surface area contributed by atoms with Crippen LogP contribution in [-0.2, 0) is 9.84 Å². The van der Waals surface area contributed by atoms with Gasteiger partial charge in [-0.15, -0.1) is 0 Å². The Labute approximate surface area is 179 Å². The van der Waals surface area contributed by atoms with E-state index >= 15 is 0 Å². The maximum Gasteiger partial charge on any atom is 0.191 e. The third-order valence-electron chi connectivity index (χ3n) is 5.50. The molecule has 1 saturated heterocycles. The molecule has 164 valence electrons. The molecule has 0 amide bonds. The second-order valence-corrected chi connectivity index (χ2v) is 9.61. The largest absolute Gasteiger partial charge is 0.468 e. The predicted molar refractivity (Wildman–Crippen MR) is 119 cm³/mol. The molecule has 8 heteroatoms. The standard InChI is InChI=1S/C22H32N4O3S/c1-3-18(17-30(27,28)19-10-5-4-6-11-19)25-22(23-2)24-16-20(21-12-9-15-29-21)26-13-7-8-14-26/h4-6,9-12,15,18,20H,3,7-8,13-14,16-17H2,1-2H3,(H2,23,24,25). The lowest BCUT2D eigenvalue weighted by atomic mass is 10.2. The number of nitrogens with zero attached hydrogens (tertiary/aromatic N) is 2. The van der Waals surface area contributed by atoms with Crippen molar-refractivity contribution in [1.82, 2.24) is 15.5 Å². The molecule has 0 spiro atoms. The molecule has 2 N–H and O–H groups in total. The molecule has 7 nitrogen and oxygen atoms in total. The monoisotopic (exact) mass is 432 g/mol. The number of nitrogens with one attached hydrogen (secondary N) is 2. The summed E-state index contributed by atoms with van der Waals surface area (Å²) in [7, 11) is -1.67. The van der Waals surface area contributed by atoms with E-state index < -0.39 is 9.84 Å². The highest BCUT2D eigenvalue weighted by Gasteiger charge is 2.26. The fraction of sp³-hybridized carbons (Fsp3) is 0.500. The van der Waals surface area contributed by atoms with Crippen molar-refractivity contribution in [3.63, 3.8) is 0 Å². The van der Waals surface area contributed by atoms with Crippen LogP contribution in [0.1, 0.15) is 38.0 Å². The highest BCUT2D eigenvalue weighted by molar-refractivity contribution is 7.91. The van der Waals surface area contributed by atoms with Gasteiger partial charge in [-0.2, -0.15) is 0 Å². The predicted octanol–water partition coefficient (Wildman–Crippen LogP) is 2.83. The zero-order valence-electron chi connectivity index (χ0n) is 17.8. The average molecular weight is 433 g/mol. The van der Waals surface area contributed by atoms with Crippen molar-refractivity contribution in [1.29, 1.82) is 0 Å². The Kier molecular flexibility index (Phi) is 7.93. The quantitative estimate of drug-likeness (QED) is 0.468. The summed E-state index contributed by atoms with van der Waals surface area (Å²) in [6, 6.07) is 12.4. The maximum atomic E-state index is 12.7. The lowest BCUT2D eigenvalue weighted by molar-refractivity contribution is 0.215. The molecule has 0 aliphatic carbocycles. The van der Waals surface area contributed by atoms with Gasteiger partial charge < -0.3 is 15.1 Å². The van der Waals surface area contributed by atoms with Gasteiger partial charge in [0, 0.05) is 19.6 Å². The van der Waals surface area contributed by atoms with E-state index in [-0.39, 0.29) is 17.8 Å². The minimum Gasteiger partial charge on any atom is -0.468 e. The Balaban J connectivity index is 1.62. The molecule has 3 rings (SSSR count). The third kappa shape index (κ3) is 5.86. The minimum atomic E-state index is -3.37. The molecule has 1 aliphatic heterocycles. The summed E-state index contributed by atoms with van der Waals surface area (Å²) >= 11 is 0. The molecule has 0 saturated carbocycles. The highest BCUT2D eigenvalue weighted by atomic mass is 32.2. The number of rotatable bonds is 9. The molecule has 1 aromatic carbocycles. The van der Waals surface area contributed by atoms with E-state index in [9.17, 15) is 8.42 Å². The van der Waals surface area contributed by atoms with Crippen LogP contribution in [0.15, 0.2) is 63.0 Å². The van der Waals surface area contributed by atoms with Gasteiger partial charge >= 0.3 is 0 Å². The summed E-state index contributed by atoms with van der Waals surface area (Å²) in [5, 5.41) is 6.65. The summed E-state index contributed by atoms with van der Waals surface area (Å²) in [6.45, 7) is 4.70. The van der Waals surface area contributed by atoms with Crippen molar-refractivity contribution in [2.24, 2.45) is 4.99 Å². The molecular weight excluding hydrogens is 400 g/mol. The number of furan rings is 1. The molecule has 1 fully saturated rings.